The summed E-state index contributed by atoms with van der Waals surface area (Å²) in [6.45, 7) is 4.23. The number of amidine groups is 1. The second kappa shape index (κ2) is 11.1. The third-order valence-electron chi connectivity index (χ3n) is 10.8. The molecule has 11 nitrogen and oxygen atoms in total. The van der Waals surface area contributed by atoms with Gasteiger partial charge in [0, 0.05) is 36.1 Å². The van der Waals surface area contributed by atoms with Crippen LogP contribution < -0.4 is 16.0 Å². The highest BCUT2D eigenvalue weighted by atomic mass is 19.4. The molecule has 6 aliphatic rings. The number of amides is 2. The predicted octanol–water partition coefficient (Wildman–Crippen LogP) is 4.59. The molecule has 3 aromatic rings. The summed E-state index contributed by atoms with van der Waals surface area (Å²) in [4.78, 5) is 36.2. The number of carbonyl (C=O) groups excluding carboxylic acids is 2. The number of anilines is 1. The van der Waals surface area contributed by atoms with Gasteiger partial charge in [0.1, 0.15) is 46.7 Å². The van der Waals surface area contributed by atoms with Crippen LogP contribution in [0.25, 0.3) is 11.1 Å². The lowest BCUT2D eigenvalue weighted by Crippen LogP contribution is -2.53. The van der Waals surface area contributed by atoms with Crippen molar-refractivity contribution in [2.45, 2.75) is 88.2 Å². The number of nitriles is 1. The van der Waals surface area contributed by atoms with Crippen molar-refractivity contribution in [1.82, 2.24) is 20.1 Å². The maximum Gasteiger partial charge on any atom is 0.433 e. The molecule has 6 heterocycles. The fourth-order valence-corrected chi connectivity index (χ4v) is 8.41. The number of primary amides is 1. The molecule has 50 heavy (non-hydrogen) atoms. The zero-order valence-electron chi connectivity index (χ0n) is 27.4. The lowest BCUT2D eigenvalue weighted by Gasteiger charge is -2.42. The number of nitrogens with zero attached hydrogens (tertiary/aromatic N) is 6. The number of hydrogen-bond donors (Lipinski definition) is 2. The first kappa shape index (κ1) is 32.4. The zero-order valence-corrected chi connectivity index (χ0v) is 27.4. The van der Waals surface area contributed by atoms with Crippen molar-refractivity contribution in [2.24, 2.45) is 16.6 Å². The molecule has 2 saturated carbocycles. The summed E-state index contributed by atoms with van der Waals surface area (Å²) in [5, 5.41) is 17.4. The number of nitrogens with two attached hydrogens (primary N) is 1. The Kier molecular flexibility index (Phi) is 7.17. The second-order valence-corrected chi connectivity index (χ2v) is 14.3. The number of carbonyl (C=O) groups is 2. The molecule has 2 aromatic heterocycles. The summed E-state index contributed by atoms with van der Waals surface area (Å²) >= 11 is 0. The van der Waals surface area contributed by atoms with E-state index in [2.05, 4.69) is 15.4 Å². The molecular weight excluding hydrogens is 656 g/mol. The van der Waals surface area contributed by atoms with E-state index in [4.69, 9.17) is 15.5 Å². The summed E-state index contributed by atoms with van der Waals surface area (Å²) in [6, 6.07) is 6.89. The number of nitrogens with one attached hydrogen (secondary N) is 1. The molecule has 1 aromatic carbocycles. The minimum atomic E-state index is -4.66. The number of benzene rings is 1. The number of ether oxygens (including phenoxy) is 1. The molecule has 15 heteroatoms. The van der Waals surface area contributed by atoms with Crippen LogP contribution in [0, 0.1) is 30.0 Å². The van der Waals surface area contributed by atoms with Crippen molar-refractivity contribution in [3.63, 3.8) is 0 Å². The average molecular weight is 691 g/mol. The van der Waals surface area contributed by atoms with Crippen LogP contribution in [0.4, 0.5) is 23.2 Å². The molecule has 9 rings (SSSR count). The number of pyridine rings is 1. The van der Waals surface area contributed by atoms with Gasteiger partial charge in [-0.15, -0.1) is 0 Å². The number of hydrogen-bond acceptors (Lipinski definition) is 8. The molecule has 5 fully saturated rings. The number of rotatable bonds is 7. The molecule has 3 N–H and O–H groups in total. The number of fused-ring (bicyclic) bond motifs is 1. The van der Waals surface area contributed by atoms with Crippen molar-refractivity contribution < 1.29 is 31.9 Å². The number of halogens is 4. The lowest BCUT2D eigenvalue weighted by atomic mass is 9.71. The normalized spacial score (nSPS) is 27.3. The standard InChI is InChI=1S/C35H34F4N8O3/c1-17-11-33(32(49)43-31(44-33)22-5-6-26(35(37,38)39)42-30(22)34-12-19(13-34)16-50-34)7-8-46(17)25-10-21(9-24(36)23(25)14-40)28-18(2)45-47(15-27(41)48)29(28)20-3-4-20/h5-6,9-10,17,19-20H,3-4,7-8,11-13,15-16H2,1-2H3,(H2,41,48)(H,43,44,49)/t17-,19?,33+,34?/m0/s1. The Bertz CT molecular complexity index is 2040. The Morgan fingerprint density at radius 3 is 2.60 bits per heavy atom. The van der Waals surface area contributed by atoms with Crippen LogP contribution in [0.2, 0.25) is 0 Å². The molecule has 0 radical (unpaired) electrons. The van der Waals surface area contributed by atoms with Gasteiger partial charge >= 0.3 is 6.18 Å². The van der Waals surface area contributed by atoms with Gasteiger partial charge in [-0.3, -0.25) is 19.3 Å². The first-order valence-corrected chi connectivity index (χ1v) is 16.7. The molecule has 4 aliphatic heterocycles. The van der Waals surface area contributed by atoms with Crippen molar-refractivity contribution in [2.75, 3.05) is 18.1 Å². The minimum Gasteiger partial charge on any atom is -0.368 e. The highest BCUT2D eigenvalue weighted by molar-refractivity contribution is 6.16. The monoisotopic (exact) mass is 690 g/mol. The van der Waals surface area contributed by atoms with E-state index in [1.807, 2.05) is 17.9 Å². The Morgan fingerprint density at radius 2 is 1.98 bits per heavy atom. The molecule has 2 atom stereocenters. The summed E-state index contributed by atoms with van der Waals surface area (Å²) in [5.74, 6) is -1.06. The number of aromatic nitrogens is 3. The second-order valence-electron chi connectivity index (χ2n) is 14.3. The lowest BCUT2D eigenvalue weighted by molar-refractivity contribution is -0.141. The minimum absolute atomic E-state index is 0.105. The topological polar surface area (TPSA) is 152 Å². The number of aliphatic imine (C=N–C) groups is 1. The van der Waals surface area contributed by atoms with E-state index in [1.165, 1.54) is 12.1 Å². The quantitative estimate of drug-likeness (QED) is 0.345. The number of aryl methyl sites for hydroxylation is 1. The SMILES string of the molecule is Cc1nn(CC(N)=O)c(C2CC2)c1-c1cc(F)c(C#N)c(N2CC[C@]3(C[C@@H]2C)N=C(c2ccc(C(F)(F)F)nc2C24CC(CO2)C4)NC3=O)c1. The van der Waals surface area contributed by atoms with E-state index in [-0.39, 0.29) is 60.8 Å². The zero-order chi connectivity index (χ0) is 35.3. The summed E-state index contributed by atoms with van der Waals surface area (Å²) < 4.78 is 64.4. The van der Waals surface area contributed by atoms with Gasteiger partial charge in [-0.1, -0.05) is 0 Å². The fraction of sp³-hybridized carbons (Fsp3) is 0.486. The van der Waals surface area contributed by atoms with Crippen LogP contribution in [0.5, 0.6) is 0 Å². The highest BCUT2D eigenvalue weighted by Crippen LogP contribution is 2.56. The molecule has 3 saturated heterocycles. The van der Waals surface area contributed by atoms with E-state index in [0.717, 1.165) is 24.6 Å². The van der Waals surface area contributed by atoms with Crippen LogP contribution in [0.1, 0.15) is 85.3 Å². The van der Waals surface area contributed by atoms with Crippen molar-refractivity contribution >= 4 is 23.3 Å². The van der Waals surface area contributed by atoms with Gasteiger partial charge in [-0.05, 0) is 81.7 Å². The summed E-state index contributed by atoms with van der Waals surface area (Å²) in [7, 11) is 0. The number of piperidine rings is 1. The molecule has 2 aliphatic carbocycles. The highest BCUT2D eigenvalue weighted by Gasteiger charge is 2.57. The first-order valence-electron chi connectivity index (χ1n) is 16.7. The van der Waals surface area contributed by atoms with E-state index < -0.39 is 40.8 Å². The smallest absolute Gasteiger partial charge is 0.368 e. The molecule has 260 valence electrons. The van der Waals surface area contributed by atoms with Crippen molar-refractivity contribution in [3.05, 3.63) is 64.0 Å². The first-order chi connectivity index (χ1) is 23.7. The van der Waals surface area contributed by atoms with Crippen LogP contribution in [-0.4, -0.2) is 57.1 Å². The molecule has 2 amide bonds. The van der Waals surface area contributed by atoms with Crippen LogP contribution in [0.15, 0.2) is 29.3 Å². The van der Waals surface area contributed by atoms with Gasteiger partial charge in [0.15, 0.2) is 0 Å². The Labute approximate surface area is 284 Å². The maximum absolute atomic E-state index is 15.8. The van der Waals surface area contributed by atoms with Gasteiger partial charge in [0.05, 0.1) is 29.4 Å². The Morgan fingerprint density at radius 1 is 1.22 bits per heavy atom. The van der Waals surface area contributed by atoms with E-state index in [1.54, 1.807) is 17.7 Å². The van der Waals surface area contributed by atoms with Crippen LogP contribution >= 0.6 is 0 Å². The van der Waals surface area contributed by atoms with Gasteiger partial charge in [-0.2, -0.15) is 23.5 Å². The largest absolute Gasteiger partial charge is 0.433 e. The Balaban J connectivity index is 1.13. The van der Waals surface area contributed by atoms with Crippen molar-refractivity contribution in [1.29, 1.82) is 5.26 Å². The third-order valence-corrected chi connectivity index (χ3v) is 10.8. The predicted molar refractivity (Wildman–Crippen MR) is 171 cm³/mol. The van der Waals surface area contributed by atoms with E-state index in [9.17, 15) is 28.0 Å². The molecule has 0 unspecified atom stereocenters. The van der Waals surface area contributed by atoms with Gasteiger partial charge in [0.25, 0.3) is 5.91 Å². The molecule has 1 spiro atoms. The third kappa shape index (κ3) is 5.06. The van der Waals surface area contributed by atoms with Crippen molar-refractivity contribution in [3.8, 4) is 17.2 Å². The van der Waals surface area contributed by atoms with Gasteiger partial charge in [0.2, 0.25) is 5.91 Å². The number of alkyl halides is 3. The van der Waals surface area contributed by atoms with E-state index in [0.29, 0.717) is 47.5 Å². The van der Waals surface area contributed by atoms with Gasteiger partial charge < -0.3 is 20.7 Å². The summed E-state index contributed by atoms with van der Waals surface area (Å²) in [6.07, 6.45) is -1.34. The maximum atomic E-state index is 15.8. The van der Waals surface area contributed by atoms with Crippen LogP contribution in [0.3, 0.4) is 0 Å². The fourth-order valence-electron chi connectivity index (χ4n) is 8.41. The van der Waals surface area contributed by atoms with Gasteiger partial charge in [-0.25, -0.2) is 9.37 Å². The Hall–Kier alpha value is -4.84. The molecular formula is C35H34F4N8O3. The van der Waals surface area contributed by atoms with E-state index >= 15 is 4.39 Å². The average Bonchev–Trinajstić information content (AvgIpc) is 3.34. The summed E-state index contributed by atoms with van der Waals surface area (Å²) in [5.41, 5.74) is 5.58. The molecule has 2 bridgehead atoms. The van der Waals surface area contributed by atoms with Crippen LogP contribution in [-0.2, 0) is 32.6 Å².